The number of amides is 1. The number of carbonyl (C=O) groups excluding carboxylic acids is 1. The molecule has 1 unspecified atom stereocenters. The van der Waals surface area contributed by atoms with E-state index in [1.165, 1.54) is 0 Å². The monoisotopic (exact) mass is 224 g/mol. The molecule has 0 aliphatic carbocycles. The van der Waals surface area contributed by atoms with Gasteiger partial charge >= 0.3 is 0 Å². The van der Waals surface area contributed by atoms with Crippen LogP contribution in [0.4, 0.5) is 0 Å². The third kappa shape index (κ3) is 2.94. The highest BCUT2D eigenvalue weighted by Crippen LogP contribution is 2.19. The number of hydrazine groups is 1. The Balaban J connectivity index is 2.49. The first-order valence-electron chi connectivity index (χ1n) is 5.67. The zero-order valence-electron chi connectivity index (χ0n) is 10.3. The predicted molar refractivity (Wildman–Crippen MR) is 61.2 cm³/mol. The van der Waals surface area contributed by atoms with E-state index in [4.69, 9.17) is 5.26 Å². The highest BCUT2D eigenvalue weighted by atomic mass is 16.2. The fourth-order valence-corrected chi connectivity index (χ4v) is 1.48. The number of nitriles is 1. The highest BCUT2D eigenvalue weighted by molar-refractivity contribution is 5.84. The summed E-state index contributed by atoms with van der Waals surface area (Å²) in [7, 11) is 2.06. The smallest absolute Gasteiger partial charge is 0.254 e. The Bertz CT molecular complexity index is 291. The maximum Gasteiger partial charge on any atom is 0.254 e. The summed E-state index contributed by atoms with van der Waals surface area (Å²) in [5, 5.41) is 10.9. The van der Waals surface area contributed by atoms with Crippen LogP contribution in [0, 0.1) is 16.7 Å². The Morgan fingerprint density at radius 2 is 2.00 bits per heavy atom. The number of hydrogen-bond donors (Lipinski definition) is 1. The molecule has 5 heteroatoms. The summed E-state index contributed by atoms with van der Waals surface area (Å²) in [5.74, 6) is -0.193. The molecule has 1 aliphatic heterocycles. The topological polar surface area (TPSA) is 59.4 Å². The third-order valence-corrected chi connectivity index (χ3v) is 3.22. The van der Waals surface area contributed by atoms with E-state index in [9.17, 15) is 4.79 Å². The molecule has 1 aliphatic rings. The van der Waals surface area contributed by atoms with Gasteiger partial charge in [0.1, 0.15) is 5.41 Å². The van der Waals surface area contributed by atoms with Crippen molar-refractivity contribution in [1.82, 2.24) is 15.3 Å². The average Bonchev–Trinajstić information content (AvgIpc) is 2.31. The molecule has 0 aromatic carbocycles. The van der Waals surface area contributed by atoms with Gasteiger partial charge in [-0.15, -0.1) is 0 Å². The Hall–Kier alpha value is -1.12. The van der Waals surface area contributed by atoms with E-state index < -0.39 is 5.41 Å². The lowest BCUT2D eigenvalue weighted by Crippen LogP contribution is -2.55. The molecular formula is C11H20N4O. The quantitative estimate of drug-likeness (QED) is 0.744. The molecule has 0 aromatic heterocycles. The van der Waals surface area contributed by atoms with Crippen LogP contribution >= 0.6 is 0 Å². The first-order valence-corrected chi connectivity index (χ1v) is 5.67. The maximum atomic E-state index is 11.9. The van der Waals surface area contributed by atoms with E-state index in [0.717, 1.165) is 26.2 Å². The van der Waals surface area contributed by atoms with Crippen molar-refractivity contribution < 1.29 is 4.79 Å². The first-order chi connectivity index (χ1) is 7.51. The van der Waals surface area contributed by atoms with Crippen molar-refractivity contribution in [2.24, 2.45) is 5.41 Å². The van der Waals surface area contributed by atoms with Crippen molar-refractivity contribution in [2.45, 2.75) is 20.3 Å². The molecule has 1 rings (SSSR count). The van der Waals surface area contributed by atoms with Crippen molar-refractivity contribution >= 4 is 5.91 Å². The van der Waals surface area contributed by atoms with Crippen LogP contribution in [0.2, 0.25) is 0 Å². The number of rotatable bonds is 3. The minimum atomic E-state index is -0.913. The summed E-state index contributed by atoms with van der Waals surface area (Å²) in [6.45, 7) is 7.04. The standard InChI is InChI=1S/C11H20N4O/c1-4-11(2,9-12)10(16)13-15-7-5-14(3)6-8-15/h4-8H2,1-3H3,(H,13,16). The van der Waals surface area contributed by atoms with Gasteiger partial charge in [0, 0.05) is 26.2 Å². The summed E-state index contributed by atoms with van der Waals surface area (Å²) in [6, 6.07) is 2.08. The minimum Gasteiger partial charge on any atom is -0.304 e. The van der Waals surface area contributed by atoms with Crippen LogP contribution in [0.5, 0.6) is 0 Å². The van der Waals surface area contributed by atoms with Crippen LogP contribution in [0.15, 0.2) is 0 Å². The van der Waals surface area contributed by atoms with Crippen molar-refractivity contribution in [3.63, 3.8) is 0 Å². The molecule has 0 bridgehead atoms. The van der Waals surface area contributed by atoms with Crippen molar-refractivity contribution in [2.75, 3.05) is 33.2 Å². The van der Waals surface area contributed by atoms with Crippen LogP contribution in [0.1, 0.15) is 20.3 Å². The third-order valence-electron chi connectivity index (χ3n) is 3.22. The van der Waals surface area contributed by atoms with Gasteiger partial charge in [-0.3, -0.25) is 10.2 Å². The second kappa shape index (κ2) is 5.28. The molecule has 1 fully saturated rings. The molecule has 1 saturated heterocycles. The maximum absolute atomic E-state index is 11.9. The minimum absolute atomic E-state index is 0.193. The molecule has 1 atom stereocenters. The molecule has 1 heterocycles. The van der Waals surface area contributed by atoms with Gasteiger partial charge in [-0.2, -0.15) is 5.26 Å². The number of nitrogens with one attached hydrogen (secondary N) is 1. The molecular weight excluding hydrogens is 204 g/mol. The molecule has 1 N–H and O–H groups in total. The lowest BCUT2D eigenvalue weighted by atomic mass is 9.89. The zero-order chi connectivity index (χ0) is 12.2. The van der Waals surface area contributed by atoms with Gasteiger partial charge in [0.05, 0.1) is 6.07 Å². The predicted octanol–water partition coefficient (Wildman–Crippen LogP) is 0.205. The van der Waals surface area contributed by atoms with Crippen LogP contribution in [-0.2, 0) is 4.79 Å². The molecule has 16 heavy (non-hydrogen) atoms. The van der Waals surface area contributed by atoms with Crippen molar-refractivity contribution in [3.8, 4) is 6.07 Å². The SMILES string of the molecule is CCC(C)(C#N)C(=O)NN1CCN(C)CC1. The molecule has 1 amide bonds. The number of carbonyl (C=O) groups is 1. The van der Waals surface area contributed by atoms with E-state index in [2.05, 4.69) is 23.4 Å². The molecule has 90 valence electrons. The average molecular weight is 224 g/mol. The molecule has 0 saturated carbocycles. The Kier molecular flexibility index (Phi) is 4.27. The van der Waals surface area contributed by atoms with Gasteiger partial charge in [0.25, 0.3) is 5.91 Å². The fraction of sp³-hybridized carbons (Fsp3) is 0.818. The Labute approximate surface area is 97.0 Å². The first kappa shape index (κ1) is 12.9. The van der Waals surface area contributed by atoms with E-state index >= 15 is 0 Å². The van der Waals surface area contributed by atoms with Gasteiger partial charge in [-0.1, -0.05) is 6.92 Å². The molecule has 5 nitrogen and oxygen atoms in total. The van der Waals surface area contributed by atoms with Crippen molar-refractivity contribution in [3.05, 3.63) is 0 Å². The van der Waals surface area contributed by atoms with E-state index in [0.29, 0.717) is 6.42 Å². The summed E-state index contributed by atoms with van der Waals surface area (Å²) < 4.78 is 0. The van der Waals surface area contributed by atoms with Crippen LogP contribution in [0.25, 0.3) is 0 Å². The van der Waals surface area contributed by atoms with Gasteiger partial charge in [-0.05, 0) is 20.4 Å². The van der Waals surface area contributed by atoms with Crippen LogP contribution in [-0.4, -0.2) is 49.0 Å². The molecule has 0 aromatic rings. The molecule has 0 radical (unpaired) electrons. The van der Waals surface area contributed by atoms with E-state index in [-0.39, 0.29) is 5.91 Å². The second-order valence-electron chi connectivity index (χ2n) is 4.53. The summed E-state index contributed by atoms with van der Waals surface area (Å²) in [6.07, 6.45) is 0.531. The van der Waals surface area contributed by atoms with E-state index in [1.807, 2.05) is 11.9 Å². The number of hydrogen-bond acceptors (Lipinski definition) is 4. The molecule has 0 spiro atoms. The van der Waals surface area contributed by atoms with Gasteiger partial charge in [-0.25, -0.2) is 5.01 Å². The lowest BCUT2D eigenvalue weighted by molar-refractivity contribution is -0.133. The number of likely N-dealkylation sites (N-methyl/N-ethyl adjacent to an activating group) is 1. The van der Waals surface area contributed by atoms with Crippen molar-refractivity contribution in [1.29, 1.82) is 5.26 Å². The fourth-order valence-electron chi connectivity index (χ4n) is 1.48. The highest BCUT2D eigenvalue weighted by Gasteiger charge is 2.32. The second-order valence-corrected chi connectivity index (χ2v) is 4.53. The van der Waals surface area contributed by atoms with Gasteiger partial charge in [0.2, 0.25) is 0 Å². The van der Waals surface area contributed by atoms with Crippen LogP contribution < -0.4 is 5.43 Å². The van der Waals surface area contributed by atoms with Crippen LogP contribution in [0.3, 0.4) is 0 Å². The Morgan fingerprint density at radius 3 is 2.44 bits per heavy atom. The largest absolute Gasteiger partial charge is 0.304 e. The van der Waals surface area contributed by atoms with E-state index in [1.54, 1.807) is 6.92 Å². The Morgan fingerprint density at radius 1 is 1.44 bits per heavy atom. The summed E-state index contributed by atoms with van der Waals surface area (Å²) in [4.78, 5) is 14.1. The summed E-state index contributed by atoms with van der Waals surface area (Å²) in [5.41, 5.74) is 1.91. The van der Waals surface area contributed by atoms with Gasteiger partial charge < -0.3 is 4.90 Å². The lowest BCUT2D eigenvalue weighted by Gasteiger charge is -2.34. The zero-order valence-corrected chi connectivity index (χ0v) is 10.3. The van der Waals surface area contributed by atoms with Gasteiger partial charge in [0.15, 0.2) is 0 Å². The summed E-state index contributed by atoms with van der Waals surface area (Å²) >= 11 is 0. The number of nitrogens with zero attached hydrogens (tertiary/aromatic N) is 3. The normalized spacial score (nSPS) is 22.1. The number of piperazine rings is 1.